The molecule has 0 saturated carbocycles. The van der Waals surface area contributed by atoms with Crippen LogP contribution < -0.4 is 10.9 Å². The van der Waals surface area contributed by atoms with E-state index in [1.807, 2.05) is 0 Å². The Hall–Kier alpha value is -2.70. The molecular formula is C14H12FN3O3. The Morgan fingerprint density at radius 3 is 2.71 bits per heavy atom. The average Bonchev–Trinajstić information content (AvgIpc) is 2.93. The van der Waals surface area contributed by atoms with Gasteiger partial charge in [0.25, 0.3) is 5.56 Å². The van der Waals surface area contributed by atoms with Crippen molar-refractivity contribution in [2.24, 2.45) is 0 Å². The smallest absolute Gasteiger partial charge is 0.310 e. The lowest BCUT2D eigenvalue weighted by atomic mass is 10.1. The molecule has 1 N–H and O–H groups in total. The maximum atomic E-state index is 12.9. The van der Waals surface area contributed by atoms with Crippen LogP contribution >= 0.6 is 0 Å². The molecule has 6 nitrogen and oxygen atoms in total. The third kappa shape index (κ3) is 2.37. The van der Waals surface area contributed by atoms with Crippen molar-refractivity contribution < 1.29 is 9.31 Å². The van der Waals surface area contributed by atoms with Crippen LogP contribution in [0.5, 0.6) is 0 Å². The van der Waals surface area contributed by atoms with Gasteiger partial charge in [0.15, 0.2) is 5.82 Å². The summed E-state index contributed by atoms with van der Waals surface area (Å²) in [6, 6.07) is 7.04. The van der Waals surface area contributed by atoms with E-state index in [0.717, 1.165) is 5.56 Å². The zero-order chi connectivity index (χ0) is 15.0. The topological polar surface area (TPSA) is 77.2 Å². The maximum absolute atomic E-state index is 12.9. The third-order valence-corrected chi connectivity index (χ3v) is 3.48. The van der Waals surface area contributed by atoms with Crippen LogP contribution in [0.1, 0.15) is 11.1 Å². The number of pyridine rings is 1. The fraction of sp³-hybridized carbons (Fsp3) is 0.214. The second-order valence-corrected chi connectivity index (χ2v) is 4.85. The SMILES string of the molecule is O=c1c(Cc2ccc(F)cc2)cc([N+](=O)[O-])c2n1CCN2. The van der Waals surface area contributed by atoms with E-state index in [9.17, 15) is 19.3 Å². The minimum absolute atomic E-state index is 0.107. The molecule has 0 aliphatic carbocycles. The number of hydrogen-bond acceptors (Lipinski definition) is 4. The van der Waals surface area contributed by atoms with Gasteiger partial charge >= 0.3 is 5.69 Å². The van der Waals surface area contributed by atoms with E-state index in [1.165, 1.54) is 22.8 Å². The predicted molar refractivity (Wildman–Crippen MR) is 75.1 cm³/mol. The first-order chi connectivity index (χ1) is 10.1. The average molecular weight is 289 g/mol. The Morgan fingerprint density at radius 2 is 2.05 bits per heavy atom. The molecule has 1 aromatic carbocycles. The lowest BCUT2D eigenvalue weighted by Crippen LogP contribution is -2.23. The Labute approximate surface area is 119 Å². The third-order valence-electron chi connectivity index (χ3n) is 3.48. The summed E-state index contributed by atoms with van der Waals surface area (Å²) in [6.45, 7) is 0.905. The van der Waals surface area contributed by atoms with Crippen LogP contribution in [0, 0.1) is 15.9 Å². The van der Waals surface area contributed by atoms with Crippen LogP contribution in [0.25, 0.3) is 0 Å². The number of hydrogen-bond donors (Lipinski definition) is 1. The van der Waals surface area contributed by atoms with Crippen molar-refractivity contribution in [1.29, 1.82) is 0 Å². The van der Waals surface area contributed by atoms with Gasteiger partial charge in [-0.25, -0.2) is 4.39 Å². The molecule has 108 valence electrons. The fourth-order valence-electron chi connectivity index (χ4n) is 2.48. The van der Waals surface area contributed by atoms with Gasteiger partial charge in [0.1, 0.15) is 5.82 Å². The van der Waals surface area contributed by atoms with E-state index >= 15 is 0 Å². The Balaban J connectivity index is 2.06. The monoisotopic (exact) mass is 289 g/mol. The molecule has 0 radical (unpaired) electrons. The van der Waals surface area contributed by atoms with Crippen LogP contribution in [0.2, 0.25) is 0 Å². The zero-order valence-electron chi connectivity index (χ0n) is 11.0. The molecule has 0 spiro atoms. The van der Waals surface area contributed by atoms with Crippen LogP contribution in [0.15, 0.2) is 35.1 Å². The highest BCUT2D eigenvalue weighted by atomic mass is 19.1. The number of halogens is 1. The normalized spacial score (nSPS) is 12.8. The first-order valence-electron chi connectivity index (χ1n) is 6.45. The summed E-state index contributed by atoms with van der Waals surface area (Å²) in [5.74, 6) is -0.104. The van der Waals surface area contributed by atoms with E-state index in [1.54, 1.807) is 12.1 Å². The fourth-order valence-corrected chi connectivity index (χ4v) is 2.48. The molecule has 3 rings (SSSR count). The van der Waals surface area contributed by atoms with Crippen molar-refractivity contribution >= 4 is 11.5 Å². The molecule has 0 fully saturated rings. The summed E-state index contributed by atoms with van der Waals surface area (Å²) in [5, 5.41) is 14.0. The van der Waals surface area contributed by atoms with Crippen LogP contribution in [0.3, 0.4) is 0 Å². The molecule has 0 saturated heterocycles. The molecular weight excluding hydrogens is 277 g/mol. The quantitative estimate of drug-likeness (QED) is 0.691. The minimum atomic E-state index is -0.502. The molecule has 7 heteroatoms. The highest BCUT2D eigenvalue weighted by molar-refractivity contribution is 5.59. The van der Waals surface area contributed by atoms with Crippen molar-refractivity contribution in [3.05, 3.63) is 67.7 Å². The van der Waals surface area contributed by atoms with Gasteiger partial charge in [-0.05, 0) is 17.7 Å². The van der Waals surface area contributed by atoms with Crippen molar-refractivity contribution in [2.45, 2.75) is 13.0 Å². The number of rotatable bonds is 3. The molecule has 2 heterocycles. The van der Waals surface area contributed by atoms with E-state index in [-0.39, 0.29) is 29.3 Å². The van der Waals surface area contributed by atoms with Gasteiger partial charge in [0.2, 0.25) is 0 Å². The number of nitrogens with one attached hydrogen (secondary N) is 1. The number of nitro groups is 1. The van der Waals surface area contributed by atoms with Crippen molar-refractivity contribution in [3.8, 4) is 0 Å². The highest BCUT2D eigenvalue weighted by Crippen LogP contribution is 2.27. The summed E-state index contributed by atoms with van der Waals surface area (Å²) in [7, 11) is 0. The first-order valence-corrected chi connectivity index (χ1v) is 6.45. The summed E-state index contributed by atoms with van der Waals surface area (Å²) in [4.78, 5) is 23.0. The molecule has 21 heavy (non-hydrogen) atoms. The molecule has 0 amide bonds. The molecule has 1 aromatic heterocycles. The predicted octanol–water partition coefficient (Wildman–Crippen LogP) is 1.91. The van der Waals surface area contributed by atoms with Gasteiger partial charge in [-0.3, -0.25) is 19.5 Å². The van der Waals surface area contributed by atoms with Crippen LogP contribution in [-0.2, 0) is 13.0 Å². The molecule has 2 aromatic rings. The molecule has 0 atom stereocenters. The van der Waals surface area contributed by atoms with Gasteiger partial charge in [-0.1, -0.05) is 12.1 Å². The minimum Gasteiger partial charge on any atom is -0.364 e. The van der Waals surface area contributed by atoms with Gasteiger partial charge in [0, 0.05) is 31.1 Å². The molecule has 0 bridgehead atoms. The van der Waals surface area contributed by atoms with Gasteiger partial charge in [-0.15, -0.1) is 0 Å². The maximum Gasteiger partial charge on any atom is 0.310 e. The largest absolute Gasteiger partial charge is 0.364 e. The number of aromatic nitrogens is 1. The summed E-state index contributed by atoms with van der Waals surface area (Å²) < 4.78 is 14.3. The summed E-state index contributed by atoms with van der Waals surface area (Å²) in [5.41, 5.74) is 0.712. The van der Waals surface area contributed by atoms with E-state index in [0.29, 0.717) is 18.7 Å². The highest BCUT2D eigenvalue weighted by Gasteiger charge is 2.25. The molecule has 1 aliphatic rings. The Morgan fingerprint density at radius 1 is 1.33 bits per heavy atom. The zero-order valence-corrected chi connectivity index (χ0v) is 11.0. The molecule has 0 unspecified atom stereocenters. The van der Waals surface area contributed by atoms with Gasteiger partial charge in [-0.2, -0.15) is 0 Å². The van der Waals surface area contributed by atoms with Crippen LogP contribution in [-0.4, -0.2) is 16.0 Å². The second kappa shape index (κ2) is 5.01. The summed E-state index contributed by atoms with van der Waals surface area (Å²) >= 11 is 0. The lowest BCUT2D eigenvalue weighted by Gasteiger charge is -2.07. The van der Waals surface area contributed by atoms with E-state index in [4.69, 9.17) is 0 Å². The lowest BCUT2D eigenvalue weighted by molar-refractivity contribution is -0.384. The first kappa shape index (κ1) is 13.3. The van der Waals surface area contributed by atoms with Crippen molar-refractivity contribution in [2.75, 3.05) is 11.9 Å². The second-order valence-electron chi connectivity index (χ2n) is 4.85. The van der Waals surface area contributed by atoms with Crippen LogP contribution in [0.4, 0.5) is 15.9 Å². The Bertz CT molecular complexity index is 768. The molecule has 1 aliphatic heterocycles. The summed E-state index contributed by atoms with van der Waals surface area (Å²) in [6.07, 6.45) is 0.236. The van der Waals surface area contributed by atoms with E-state index < -0.39 is 4.92 Å². The number of fused-ring (bicyclic) bond motifs is 1. The number of benzene rings is 1. The van der Waals surface area contributed by atoms with E-state index in [2.05, 4.69) is 5.32 Å². The number of nitrogens with zero attached hydrogens (tertiary/aromatic N) is 2. The van der Waals surface area contributed by atoms with Gasteiger partial charge < -0.3 is 5.32 Å². The standard InChI is InChI=1S/C14H12FN3O3/c15-11-3-1-9(2-4-11)7-10-8-12(18(20)21)13-16-5-6-17(13)14(10)19/h1-4,8,16H,5-7H2. The van der Waals surface area contributed by atoms with Crippen molar-refractivity contribution in [3.63, 3.8) is 0 Å². The van der Waals surface area contributed by atoms with Crippen molar-refractivity contribution in [1.82, 2.24) is 4.57 Å². The van der Waals surface area contributed by atoms with Gasteiger partial charge in [0.05, 0.1) is 4.92 Å². The Kier molecular flexibility index (Phi) is 3.17. The number of anilines is 1.